The summed E-state index contributed by atoms with van der Waals surface area (Å²) in [6, 6.07) is 0. The standard InChI is InChI=1S/C3H6.Ir/c1-3-2;/h1H,3H2,2H3;. The summed E-state index contributed by atoms with van der Waals surface area (Å²) in [5.74, 6) is 0. The molecule has 0 nitrogen and oxygen atoms in total. The molecule has 4 heavy (non-hydrogen) atoms. The second kappa shape index (κ2) is 3.52. The predicted octanol–water partition coefficient (Wildman–Crippen LogP) is 0.745. The summed E-state index contributed by atoms with van der Waals surface area (Å²) in [4.78, 5) is 0. The van der Waals surface area contributed by atoms with Crippen LogP contribution in [0.3, 0.4) is 0 Å². The molecular weight excluding hydrogens is 228 g/mol. The SMILES string of the molecule is CC[CH]=[Ir]. The molecule has 27 valence electrons. The van der Waals surface area contributed by atoms with Crippen molar-refractivity contribution in [2.75, 3.05) is 0 Å². The molecule has 0 radical (unpaired) electrons. The first-order chi connectivity index (χ1) is 1.91. The molecule has 0 bridgehead atoms. The van der Waals surface area contributed by atoms with E-state index in [2.05, 4.69) is 29.9 Å². The van der Waals surface area contributed by atoms with Crippen LogP contribution in [0.4, 0.5) is 0 Å². The van der Waals surface area contributed by atoms with Gasteiger partial charge in [-0.25, -0.2) is 0 Å². The van der Waals surface area contributed by atoms with Gasteiger partial charge in [0.1, 0.15) is 0 Å². The van der Waals surface area contributed by atoms with E-state index in [-0.39, 0.29) is 0 Å². The van der Waals surface area contributed by atoms with Crippen molar-refractivity contribution in [3.05, 3.63) is 0 Å². The van der Waals surface area contributed by atoms with Crippen molar-refractivity contribution >= 4 is 4.53 Å². The Bertz CT molecular complexity index is 17.2. The van der Waals surface area contributed by atoms with Crippen LogP contribution in [0.15, 0.2) is 0 Å². The minimum atomic E-state index is 1.19. The Morgan fingerprint density at radius 1 is 2.00 bits per heavy atom. The Morgan fingerprint density at radius 3 is 2.25 bits per heavy atom. The van der Waals surface area contributed by atoms with Crippen LogP contribution in [0, 0.1) is 0 Å². The van der Waals surface area contributed by atoms with Crippen LogP contribution in [0.5, 0.6) is 0 Å². The maximum absolute atomic E-state index is 2.12. The molecule has 0 amide bonds. The Morgan fingerprint density at radius 2 is 2.25 bits per heavy atom. The fraction of sp³-hybridized carbons (Fsp3) is 0.667. The van der Waals surface area contributed by atoms with Gasteiger partial charge in [0.25, 0.3) is 0 Å². The zero-order valence-electron chi connectivity index (χ0n) is 2.62. The second-order valence-corrected chi connectivity index (χ2v) is 1.52. The fourth-order valence-electron chi connectivity index (χ4n) is 0. The molecule has 0 aromatic rings. The van der Waals surface area contributed by atoms with Crippen LogP contribution < -0.4 is 0 Å². The molecule has 0 spiro atoms. The maximum atomic E-state index is 2.12. The first-order valence-corrected chi connectivity index (χ1v) is 2.69. The van der Waals surface area contributed by atoms with Crippen LogP contribution >= 0.6 is 0 Å². The van der Waals surface area contributed by atoms with Gasteiger partial charge >= 0.3 is 36.3 Å². The minimum absolute atomic E-state index is 1.19. The summed E-state index contributed by atoms with van der Waals surface area (Å²) in [7, 11) is 0. The average Bonchev–Trinajstić information content (AvgIpc) is 1.37. The Balaban J connectivity index is 2.30. The summed E-state index contributed by atoms with van der Waals surface area (Å²) >= 11 is 2.06. The Hall–Kier alpha value is 0.519. The molecule has 1 heteroatoms. The van der Waals surface area contributed by atoms with Crippen LogP contribution in [0.25, 0.3) is 0 Å². The van der Waals surface area contributed by atoms with Crippen molar-refractivity contribution in [1.82, 2.24) is 0 Å². The molecule has 0 unspecified atom stereocenters. The van der Waals surface area contributed by atoms with E-state index in [4.69, 9.17) is 0 Å². The monoisotopic (exact) mass is 235 g/mol. The van der Waals surface area contributed by atoms with E-state index in [9.17, 15) is 0 Å². The van der Waals surface area contributed by atoms with Gasteiger partial charge in [0.05, 0.1) is 0 Å². The molecule has 0 aliphatic heterocycles. The van der Waals surface area contributed by atoms with E-state index in [1.54, 1.807) is 0 Å². The quantitative estimate of drug-likeness (QED) is 0.628. The van der Waals surface area contributed by atoms with Crippen LogP contribution in [-0.2, 0) is 18.4 Å². The van der Waals surface area contributed by atoms with Gasteiger partial charge in [0.15, 0.2) is 0 Å². The topological polar surface area (TPSA) is 0 Å². The zero-order valence-corrected chi connectivity index (χ0v) is 5.01. The average molecular weight is 234 g/mol. The van der Waals surface area contributed by atoms with Gasteiger partial charge in [-0.1, -0.05) is 0 Å². The van der Waals surface area contributed by atoms with Crippen LogP contribution in [0.1, 0.15) is 13.3 Å². The third kappa shape index (κ3) is 2.52. The summed E-state index contributed by atoms with van der Waals surface area (Å²) in [6.07, 6.45) is 1.19. The Labute approximate surface area is 36.9 Å². The molecule has 0 rings (SSSR count). The third-order valence-corrected chi connectivity index (χ3v) is 1.11. The first kappa shape index (κ1) is 4.52. The molecule has 0 saturated heterocycles. The molecule has 0 aromatic carbocycles. The van der Waals surface area contributed by atoms with Gasteiger partial charge in [0.2, 0.25) is 0 Å². The van der Waals surface area contributed by atoms with Gasteiger partial charge in [-0.2, -0.15) is 0 Å². The molecule has 0 heterocycles. The number of hydrogen-bond acceptors (Lipinski definition) is 0. The van der Waals surface area contributed by atoms with E-state index in [0.29, 0.717) is 0 Å². The molecule has 0 saturated carbocycles. The van der Waals surface area contributed by atoms with Crippen molar-refractivity contribution in [3.8, 4) is 0 Å². The Kier molecular flexibility index (Phi) is 3.98. The van der Waals surface area contributed by atoms with Gasteiger partial charge in [-0.05, 0) is 0 Å². The van der Waals surface area contributed by atoms with Crippen molar-refractivity contribution < 1.29 is 18.4 Å². The van der Waals surface area contributed by atoms with Crippen LogP contribution in [-0.4, -0.2) is 4.53 Å². The van der Waals surface area contributed by atoms with E-state index in [1.807, 2.05) is 0 Å². The van der Waals surface area contributed by atoms with E-state index >= 15 is 0 Å². The first-order valence-electron chi connectivity index (χ1n) is 1.31. The second-order valence-electron chi connectivity index (χ2n) is 0.544. The molecule has 0 N–H and O–H groups in total. The van der Waals surface area contributed by atoms with E-state index < -0.39 is 0 Å². The van der Waals surface area contributed by atoms with Crippen molar-refractivity contribution in [2.24, 2.45) is 0 Å². The molecule has 0 aromatic heterocycles. The molecule has 0 fully saturated rings. The normalized spacial score (nSPS) is 6.50. The summed E-state index contributed by atoms with van der Waals surface area (Å²) in [5.41, 5.74) is 0. The molecular formula is C3H6Ir. The van der Waals surface area contributed by atoms with Gasteiger partial charge in [-0.15, -0.1) is 0 Å². The molecule has 0 aliphatic carbocycles. The van der Waals surface area contributed by atoms with Gasteiger partial charge < -0.3 is 0 Å². The van der Waals surface area contributed by atoms with Crippen molar-refractivity contribution in [2.45, 2.75) is 13.3 Å². The van der Waals surface area contributed by atoms with E-state index in [1.165, 1.54) is 6.42 Å². The molecule has 0 atom stereocenters. The van der Waals surface area contributed by atoms with Gasteiger partial charge in [-0.3, -0.25) is 0 Å². The molecule has 0 aliphatic rings. The third-order valence-electron chi connectivity index (χ3n) is 0.136. The van der Waals surface area contributed by atoms with Crippen molar-refractivity contribution in [3.63, 3.8) is 0 Å². The summed E-state index contributed by atoms with van der Waals surface area (Å²) in [6.45, 7) is 2.12. The number of hydrogen-bond donors (Lipinski definition) is 0. The predicted molar refractivity (Wildman–Crippen MR) is 16.4 cm³/mol. The summed E-state index contributed by atoms with van der Waals surface area (Å²) in [5, 5.41) is 0. The van der Waals surface area contributed by atoms with Crippen LogP contribution in [0.2, 0.25) is 0 Å². The number of rotatable bonds is 1. The fourth-order valence-corrected chi connectivity index (χ4v) is 0. The zero-order chi connectivity index (χ0) is 3.41. The summed E-state index contributed by atoms with van der Waals surface area (Å²) < 4.78 is 2.12. The van der Waals surface area contributed by atoms with Gasteiger partial charge in [0, 0.05) is 0 Å². The van der Waals surface area contributed by atoms with E-state index in [0.717, 1.165) is 0 Å². The van der Waals surface area contributed by atoms with Crippen molar-refractivity contribution in [1.29, 1.82) is 0 Å².